The zero-order valence-electron chi connectivity index (χ0n) is 10.5. The average molecular weight is 272 g/mol. The minimum Gasteiger partial charge on any atom is -0.446 e. The molecule has 2 heterocycles. The Kier molecular flexibility index (Phi) is 4.40. The second kappa shape index (κ2) is 5.84. The number of rotatable bonds is 5. The van der Waals surface area contributed by atoms with Crippen LogP contribution in [-0.4, -0.2) is 30.9 Å². The van der Waals surface area contributed by atoms with Crippen LogP contribution in [0.4, 0.5) is 0 Å². The van der Waals surface area contributed by atoms with Crippen molar-refractivity contribution in [2.75, 3.05) is 12.3 Å². The molecule has 0 amide bonds. The number of hydrogen-bond donors (Lipinski definition) is 1. The Morgan fingerprint density at radius 3 is 3.00 bits per heavy atom. The fourth-order valence-corrected chi connectivity index (χ4v) is 4.14. The monoisotopic (exact) mass is 272 g/mol. The lowest BCUT2D eigenvalue weighted by Gasteiger charge is -2.20. The SMILES string of the molecule is NCCCc1cnc(CC2CCCCS2(=O)=O)o1. The van der Waals surface area contributed by atoms with Gasteiger partial charge in [-0.05, 0) is 25.8 Å². The molecule has 18 heavy (non-hydrogen) atoms. The van der Waals surface area contributed by atoms with Crippen molar-refractivity contribution in [3.8, 4) is 0 Å². The first-order valence-corrected chi connectivity index (χ1v) is 8.18. The zero-order valence-corrected chi connectivity index (χ0v) is 11.3. The Hall–Kier alpha value is -0.880. The van der Waals surface area contributed by atoms with Gasteiger partial charge < -0.3 is 10.2 Å². The van der Waals surface area contributed by atoms with E-state index in [-0.39, 0.29) is 5.25 Å². The third-order valence-electron chi connectivity index (χ3n) is 3.34. The molecule has 1 aromatic heterocycles. The molecule has 1 aromatic rings. The van der Waals surface area contributed by atoms with E-state index >= 15 is 0 Å². The number of oxazole rings is 1. The number of nitrogens with two attached hydrogens (primary N) is 1. The fraction of sp³-hybridized carbons (Fsp3) is 0.750. The summed E-state index contributed by atoms with van der Waals surface area (Å²) >= 11 is 0. The minimum atomic E-state index is -2.95. The van der Waals surface area contributed by atoms with Crippen LogP contribution in [-0.2, 0) is 22.7 Å². The third-order valence-corrected chi connectivity index (χ3v) is 5.62. The highest BCUT2D eigenvalue weighted by atomic mass is 32.2. The van der Waals surface area contributed by atoms with Gasteiger partial charge in [-0.3, -0.25) is 0 Å². The second-order valence-electron chi connectivity index (χ2n) is 4.80. The van der Waals surface area contributed by atoms with E-state index in [1.165, 1.54) is 0 Å². The summed E-state index contributed by atoms with van der Waals surface area (Å²) in [5, 5.41) is -0.313. The molecular formula is C12H20N2O3S. The van der Waals surface area contributed by atoms with Crippen LogP contribution in [0.25, 0.3) is 0 Å². The molecular weight excluding hydrogens is 252 g/mol. The summed E-state index contributed by atoms with van der Waals surface area (Å²) in [4.78, 5) is 4.16. The molecule has 1 aliphatic heterocycles. The van der Waals surface area contributed by atoms with Gasteiger partial charge in [0.2, 0.25) is 0 Å². The maximum absolute atomic E-state index is 11.9. The van der Waals surface area contributed by atoms with Gasteiger partial charge in [0, 0.05) is 12.8 Å². The Morgan fingerprint density at radius 2 is 2.28 bits per heavy atom. The maximum Gasteiger partial charge on any atom is 0.195 e. The summed E-state index contributed by atoms with van der Waals surface area (Å²) < 4.78 is 29.3. The van der Waals surface area contributed by atoms with E-state index in [1.807, 2.05) is 0 Å². The van der Waals surface area contributed by atoms with E-state index in [1.54, 1.807) is 6.20 Å². The van der Waals surface area contributed by atoms with E-state index in [0.29, 0.717) is 24.6 Å². The molecule has 0 aliphatic carbocycles. The summed E-state index contributed by atoms with van der Waals surface area (Å²) in [5.41, 5.74) is 5.43. The normalized spacial score (nSPS) is 23.1. The lowest BCUT2D eigenvalue weighted by molar-refractivity contribution is 0.435. The highest BCUT2D eigenvalue weighted by molar-refractivity contribution is 7.92. The predicted octanol–water partition coefficient (Wildman–Crippen LogP) is 1.08. The van der Waals surface area contributed by atoms with Gasteiger partial charge in [0.1, 0.15) is 5.76 Å². The zero-order chi connectivity index (χ0) is 13.0. The number of nitrogens with zero attached hydrogens (tertiary/aromatic N) is 1. The van der Waals surface area contributed by atoms with E-state index in [2.05, 4.69) is 4.98 Å². The number of aromatic nitrogens is 1. The van der Waals surface area contributed by atoms with Crippen molar-refractivity contribution in [3.05, 3.63) is 17.8 Å². The lowest BCUT2D eigenvalue weighted by atomic mass is 10.1. The first kappa shape index (κ1) is 13.5. The minimum absolute atomic E-state index is 0.304. The molecule has 1 fully saturated rings. The van der Waals surface area contributed by atoms with Crippen molar-refractivity contribution >= 4 is 9.84 Å². The number of hydrogen-bond acceptors (Lipinski definition) is 5. The summed E-state index contributed by atoms with van der Waals surface area (Å²) in [6, 6.07) is 0. The van der Waals surface area contributed by atoms with E-state index in [0.717, 1.165) is 37.9 Å². The Bertz CT molecular complexity index is 481. The lowest BCUT2D eigenvalue weighted by Crippen LogP contribution is -2.30. The Morgan fingerprint density at radius 1 is 1.44 bits per heavy atom. The molecule has 1 saturated heterocycles. The molecule has 2 rings (SSSR count). The smallest absolute Gasteiger partial charge is 0.195 e. The summed E-state index contributed by atoms with van der Waals surface area (Å²) in [7, 11) is -2.95. The van der Waals surface area contributed by atoms with Crippen molar-refractivity contribution in [1.82, 2.24) is 4.98 Å². The molecule has 0 spiro atoms. The highest BCUT2D eigenvalue weighted by Gasteiger charge is 2.30. The molecule has 1 atom stereocenters. The van der Waals surface area contributed by atoms with Gasteiger partial charge >= 0.3 is 0 Å². The van der Waals surface area contributed by atoms with Crippen LogP contribution in [0.2, 0.25) is 0 Å². The van der Waals surface area contributed by atoms with Gasteiger partial charge in [0.15, 0.2) is 15.7 Å². The Labute approximate surface area is 108 Å². The van der Waals surface area contributed by atoms with Crippen molar-refractivity contribution in [2.45, 2.75) is 43.8 Å². The molecule has 102 valence electrons. The molecule has 0 saturated carbocycles. The van der Waals surface area contributed by atoms with Crippen LogP contribution in [0.5, 0.6) is 0 Å². The molecule has 1 unspecified atom stereocenters. The van der Waals surface area contributed by atoms with Crippen molar-refractivity contribution in [2.24, 2.45) is 5.73 Å². The number of sulfone groups is 1. The molecule has 1 aliphatic rings. The van der Waals surface area contributed by atoms with Gasteiger partial charge in [-0.25, -0.2) is 13.4 Å². The summed E-state index contributed by atoms with van der Waals surface area (Å²) in [6.07, 6.45) is 6.20. The summed E-state index contributed by atoms with van der Waals surface area (Å²) in [5.74, 6) is 1.64. The quantitative estimate of drug-likeness (QED) is 0.866. The molecule has 2 N–H and O–H groups in total. The first-order valence-electron chi connectivity index (χ1n) is 6.47. The van der Waals surface area contributed by atoms with E-state index in [9.17, 15) is 8.42 Å². The Balaban J connectivity index is 1.98. The van der Waals surface area contributed by atoms with Crippen LogP contribution in [0.15, 0.2) is 10.6 Å². The molecule has 0 aromatic carbocycles. The van der Waals surface area contributed by atoms with Gasteiger partial charge in [-0.15, -0.1) is 0 Å². The van der Waals surface area contributed by atoms with Gasteiger partial charge in [-0.1, -0.05) is 6.42 Å². The van der Waals surface area contributed by atoms with Crippen molar-refractivity contribution < 1.29 is 12.8 Å². The van der Waals surface area contributed by atoms with Gasteiger partial charge in [0.05, 0.1) is 17.2 Å². The van der Waals surface area contributed by atoms with Gasteiger partial charge in [-0.2, -0.15) is 0 Å². The molecule has 5 nitrogen and oxygen atoms in total. The first-order chi connectivity index (χ1) is 8.62. The largest absolute Gasteiger partial charge is 0.446 e. The molecule has 0 radical (unpaired) electrons. The van der Waals surface area contributed by atoms with E-state index < -0.39 is 9.84 Å². The summed E-state index contributed by atoms with van der Waals surface area (Å²) in [6.45, 7) is 0.618. The average Bonchev–Trinajstić information content (AvgIpc) is 2.77. The predicted molar refractivity (Wildman–Crippen MR) is 69.0 cm³/mol. The third kappa shape index (κ3) is 3.32. The van der Waals surface area contributed by atoms with Crippen molar-refractivity contribution in [3.63, 3.8) is 0 Å². The maximum atomic E-state index is 11.9. The topological polar surface area (TPSA) is 86.2 Å². The second-order valence-corrected chi connectivity index (χ2v) is 7.20. The highest BCUT2D eigenvalue weighted by Crippen LogP contribution is 2.23. The van der Waals surface area contributed by atoms with Crippen LogP contribution < -0.4 is 5.73 Å². The van der Waals surface area contributed by atoms with Gasteiger partial charge in [0.25, 0.3) is 0 Å². The standard InChI is InChI=1S/C12H20N2O3S/c13-6-3-4-10-9-14-12(17-10)8-11-5-1-2-7-18(11,15)16/h9,11H,1-8,13H2. The number of aryl methyl sites for hydroxylation is 1. The molecule has 6 heteroatoms. The van der Waals surface area contributed by atoms with Crippen molar-refractivity contribution in [1.29, 1.82) is 0 Å². The van der Waals surface area contributed by atoms with Crippen LogP contribution >= 0.6 is 0 Å². The fourth-order valence-electron chi connectivity index (χ4n) is 2.28. The molecule has 0 bridgehead atoms. The van der Waals surface area contributed by atoms with Crippen LogP contribution in [0, 0.1) is 0 Å². The van der Waals surface area contributed by atoms with Crippen LogP contribution in [0.1, 0.15) is 37.3 Å². The van der Waals surface area contributed by atoms with Crippen LogP contribution in [0.3, 0.4) is 0 Å². The van der Waals surface area contributed by atoms with E-state index in [4.69, 9.17) is 10.2 Å².